The van der Waals surface area contributed by atoms with Crippen LogP contribution in [-0.4, -0.2) is 47.0 Å². The van der Waals surface area contributed by atoms with Crippen LogP contribution in [0.1, 0.15) is 91.3 Å². The number of benzene rings is 1. The molecule has 1 saturated carbocycles. The van der Waals surface area contributed by atoms with Crippen molar-refractivity contribution < 1.29 is 19.1 Å². The molecular formula is C28H45N3O4. The zero-order valence-corrected chi connectivity index (χ0v) is 22.8. The van der Waals surface area contributed by atoms with Gasteiger partial charge in [0.1, 0.15) is 17.7 Å². The van der Waals surface area contributed by atoms with Crippen LogP contribution in [0, 0.1) is 18.8 Å². The van der Waals surface area contributed by atoms with E-state index in [1.165, 1.54) is 0 Å². The van der Waals surface area contributed by atoms with Gasteiger partial charge in [0, 0.05) is 12.6 Å². The highest BCUT2D eigenvalue weighted by atomic mass is 16.6. The van der Waals surface area contributed by atoms with E-state index in [9.17, 15) is 14.4 Å². The van der Waals surface area contributed by atoms with E-state index in [-0.39, 0.29) is 29.7 Å². The number of unbranched alkanes of at least 4 members (excludes halogenated alkanes) is 2. The lowest BCUT2D eigenvalue weighted by Gasteiger charge is -2.36. The van der Waals surface area contributed by atoms with E-state index >= 15 is 0 Å². The molecule has 35 heavy (non-hydrogen) atoms. The van der Waals surface area contributed by atoms with E-state index in [0.29, 0.717) is 6.54 Å². The average Bonchev–Trinajstić information content (AvgIpc) is 3.47. The Hall–Kier alpha value is -2.57. The number of nitrogens with one attached hydrogen (secondary N) is 2. The summed E-state index contributed by atoms with van der Waals surface area (Å²) in [7, 11) is 0. The molecule has 0 spiro atoms. The number of carbonyl (C=O) groups is 3. The van der Waals surface area contributed by atoms with Gasteiger partial charge in [0.2, 0.25) is 11.8 Å². The monoisotopic (exact) mass is 487 g/mol. The van der Waals surface area contributed by atoms with Gasteiger partial charge in [0.25, 0.3) is 0 Å². The summed E-state index contributed by atoms with van der Waals surface area (Å²) in [5.41, 5.74) is 1.18. The maximum atomic E-state index is 14.1. The number of rotatable bonds is 11. The highest BCUT2D eigenvalue weighted by Crippen LogP contribution is 2.41. The summed E-state index contributed by atoms with van der Waals surface area (Å²) in [6.45, 7) is 15.9. The number of nitrogens with zero attached hydrogens (tertiary/aromatic N) is 1. The molecule has 0 saturated heterocycles. The molecule has 2 N–H and O–H groups in total. The molecule has 1 aliphatic rings. The minimum Gasteiger partial charge on any atom is -0.444 e. The van der Waals surface area contributed by atoms with Gasteiger partial charge < -0.3 is 20.3 Å². The first kappa shape index (κ1) is 28.7. The lowest BCUT2D eigenvalue weighted by molar-refractivity contribution is -0.144. The fourth-order valence-corrected chi connectivity index (χ4v) is 4.15. The zero-order chi connectivity index (χ0) is 26.3. The zero-order valence-electron chi connectivity index (χ0n) is 22.8. The standard InChI is InChI=1S/C28H45N3O4/c1-9-10-11-16-29-25(32)24(21-14-12-19(4)13-15-21)31(22-17-20(22)5)26(33)23(18(2)3)30-27(34)35-28(6,7)8/h12-15,18,20,22-24H,9-11,16-17H2,1-8H3,(H,29,32)(H,30,34). The fourth-order valence-electron chi connectivity index (χ4n) is 4.15. The number of carbonyl (C=O) groups excluding carboxylic acids is 3. The van der Waals surface area contributed by atoms with E-state index in [1.54, 1.807) is 25.7 Å². The average molecular weight is 488 g/mol. The number of ether oxygens (including phenoxy) is 1. The maximum Gasteiger partial charge on any atom is 0.408 e. The smallest absolute Gasteiger partial charge is 0.408 e. The van der Waals surface area contributed by atoms with Crippen LogP contribution < -0.4 is 10.6 Å². The quantitative estimate of drug-likeness (QED) is 0.424. The Bertz CT molecular complexity index is 860. The molecule has 4 unspecified atom stereocenters. The third kappa shape index (κ3) is 8.55. The normalized spacial score (nSPS) is 19.0. The Labute approximate surface area is 211 Å². The van der Waals surface area contributed by atoms with Gasteiger partial charge in [0.05, 0.1) is 0 Å². The fraction of sp³-hybridized carbons (Fsp3) is 0.679. The topological polar surface area (TPSA) is 87.7 Å². The molecule has 0 bridgehead atoms. The number of amides is 3. The van der Waals surface area contributed by atoms with Crippen LogP contribution in [0.4, 0.5) is 4.79 Å². The summed E-state index contributed by atoms with van der Waals surface area (Å²) in [5.74, 6) is -0.335. The van der Waals surface area contributed by atoms with Crippen molar-refractivity contribution in [3.05, 3.63) is 35.4 Å². The van der Waals surface area contributed by atoms with Gasteiger partial charge in [-0.1, -0.05) is 70.4 Å². The molecule has 0 heterocycles. The first-order valence-corrected chi connectivity index (χ1v) is 13.0. The van der Waals surface area contributed by atoms with Crippen molar-refractivity contribution in [2.45, 2.75) is 105 Å². The van der Waals surface area contributed by atoms with Crippen molar-refractivity contribution in [2.75, 3.05) is 6.54 Å². The molecule has 4 atom stereocenters. The molecule has 7 heteroatoms. The number of hydrogen-bond donors (Lipinski definition) is 2. The summed E-state index contributed by atoms with van der Waals surface area (Å²) >= 11 is 0. The Morgan fingerprint density at radius 1 is 1.11 bits per heavy atom. The maximum absolute atomic E-state index is 14.1. The van der Waals surface area contributed by atoms with Crippen LogP contribution >= 0.6 is 0 Å². The minimum absolute atomic E-state index is 0.0584. The van der Waals surface area contributed by atoms with Crippen LogP contribution in [0.25, 0.3) is 0 Å². The number of alkyl carbamates (subject to hydrolysis) is 1. The van der Waals surface area contributed by atoms with Crippen LogP contribution in [0.5, 0.6) is 0 Å². The highest BCUT2D eigenvalue weighted by Gasteiger charge is 2.48. The lowest BCUT2D eigenvalue weighted by atomic mass is 9.98. The molecular weight excluding hydrogens is 442 g/mol. The predicted molar refractivity (Wildman–Crippen MR) is 139 cm³/mol. The van der Waals surface area contributed by atoms with E-state index in [2.05, 4.69) is 24.5 Å². The second-order valence-electron chi connectivity index (χ2n) is 11.2. The van der Waals surface area contributed by atoms with Gasteiger partial charge in [-0.05, 0) is 57.9 Å². The molecule has 3 amide bonds. The molecule has 7 nitrogen and oxygen atoms in total. The summed E-state index contributed by atoms with van der Waals surface area (Å²) in [5, 5.41) is 5.84. The lowest BCUT2D eigenvalue weighted by Crippen LogP contribution is -2.55. The Balaban J connectivity index is 2.40. The van der Waals surface area contributed by atoms with Crippen molar-refractivity contribution in [3.63, 3.8) is 0 Å². The minimum atomic E-state index is -0.807. The Morgan fingerprint density at radius 2 is 1.71 bits per heavy atom. The van der Waals surface area contributed by atoms with E-state index in [1.807, 2.05) is 45.0 Å². The molecule has 0 radical (unpaired) electrons. The van der Waals surface area contributed by atoms with Gasteiger partial charge in [-0.15, -0.1) is 0 Å². The van der Waals surface area contributed by atoms with Crippen LogP contribution in [0.3, 0.4) is 0 Å². The van der Waals surface area contributed by atoms with E-state index < -0.39 is 23.8 Å². The third-order valence-electron chi connectivity index (χ3n) is 6.28. The summed E-state index contributed by atoms with van der Waals surface area (Å²) < 4.78 is 5.43. The summed E-state index contributed by atoms with van der Waals surface area (Å²) in [4.78, 5) is 41.9. The van der Waals surface area contributed by atoms with Gasteiger partial charge in [0.15, 0.2) is 0 Å². The third-order valence-corrected chi connectivity index (χ3v) is 6.28. The summed E-state index contributed by atoms with van der Waals surface area (Å²) in [6, 6.07) is 6.14. The van der Waals surface area contributed by atoms with Crippen molar-refractivity contribution in [1.29, 1.82) is 0 Å². The molecule has 1 aromatic rings. The largest absolute Gasteiger partial charge is 0.444 e. The van der Waals surface area contributed by atoms with Gasteiger partial charge >= 0.3 is 6.09 Å². The first-order valence-electron chi connectivity index (χ1n) is 13.0. The van der Waals surface area contributed by atoms with Crippen molar-refractivity contribution in [3.8, 4) is 0 Å². The molecule has 196 valence electrons. The second kappa shape index (κ2) is 12.4. The molecule has 1 fully saturated rings. The number of aryl methyl sites for hydroxylation is 1. The highest BCUT2D eigenvalue weighted by molar-refractivity contribution is 5.92. The molecule has 0 aromatic heterocycles. The van der Waals surface area contributed by atoms with Gasteiger partial charge in [-0.3, -0.25) is 9.59 Å². The predicted octanol–water partition coefficient (Wildman–Crippen LogP) is 5.13. The van der Waals surface area contributed by atoms with Crippen LogP contribution in [-0.2, 0) is 14.3 Å². The molecule has 2 rings (SSSR count). The van der Waals surface area contributed by atoms with Crippen molar-refractivity contribution >= 4 is 17.9 Å². The van der Waals surface area contributed by atoms with Gasteiger partial charge in [-0.25, -0.2) is 4.79 Å². The SMILES string of the molecule is CCCCCNC(=O)C(c1ccc(C)cc1)N(C(=O)C(NC(=O)OC(C)(C)C)C(C)C)C1CC1C. The number of hydrogen-bond acceptors (Lipinski definition) is 4. The van der Waals surface area contributed by atoms with Crippen molar-refractivity contribution in [1.82, 2.24) is 15.5 Å². The van der Waals surface area contributed by atoms with E-state index in [4.69, 9.17) is 4.74 Å². The summed E-state index contributed by atoms with van der Waals surface area (Å²) in [6.07, 6.45) is 3.19. The molecule has 1 aromatic carbocycles. The molecule has 0 aliphatic heterocycles. The Morgan fingerprint density at radius 3 is 2.20 bits per heavy atom. The Kier molecular flexibility index (Phi) is 10.2. The van der Waals surface area contributed by atoms with Gasteiger partial charge in [-0.2, -0.15) is 0 Å². The van der Waals surface area contributed by atoms with E-state index in [0.717, 1.165) is 36.8 Å². The van der Waals surface area contributed by atoms with Crippen molar-refractivity contribution in [2.24, 2.45) is 11.8 Å². The molecule has 1 aliphatic carbocycles. The van der Waals surface area contributed by atoms with Crippen LogP contribution in [0.2, 0.25) is 0 Å². The van der Waals surface area contributed by atoms with Crippen LogP contribution in [0.15, 0.2) is 24.3 Å². The first-order chi connectivity index (χ1) is 16.4. The second-order valence-corrected chi connectivity index (χ2v) is 11.2.